The van der Waals surface area contributed by atoms with Crippen LogP contribution in [0.3, 0.4) is 0 Å². The molecule has 0 bridgehead atoms. The molecule has 1 saturated heterocycles. The zero-order valence-electron chi connectivity index (χ0n) is 17.0. The van der Waals surface area contributed by atoms with Crippen molar-refractivity contribution < 1.29 is 9.59 Å². The van der Waals surface area contributed by atoms with Crippen molar-refractivity contribution in [2.75, 3.05) is 24.5 Å². The maximum absolute atomic E-state index is 13.1. The van der Waals surface area contributed by atoms with Gasteiger partial charge in [-0.15, -0.1) is 0 Å². The van der Waals surface area contributed by atoms with Crippen LogP contribution in [-0.4, -0.2) is 42.4 Å². The first-order valence-electron chi connectivity index (χ1n) is 10.6. The van der Waals surface area contributed by atoms with Gasteiger partial charge in [-0.25, -0.2) is 0 Å². The van der Waals surface area contributed by atoms with Crippen molar-refractivity contribution >= 4 is 17.5 Å². The average Bonchev–Trinajstić information content (AvgIpc) is 3.21. The molecule has 2 aliphatic heterocycles. The highest BCUT2D eigenvalue weighted by Crippen LogP contribution is 2.29. The Morgan fingerprint density at radius 2 is 1.69 bits per heavy atom. The molecule has 1 N–H and O–H groups in total. The van der Waals surface area contributed by atoms with Crippen molar-refractivity contribution in [1.29, 1.82) is 0 Å². The number of carbonyl (C=O) groups is 2. The second-order valence-corrected chi connectivity index (χ2v) is 8.06. The minimum Gasteiger partial charge on any atom is -0.352 e. The van der Waals surface area contributed by atoms with E-state index < -0.39 is 0 Å². The van der Waals surface area contributed by atoms with E-state index in [2.05, 4.69) is 16.3 Å². The first-order valence-corrected chi connectivity index (χ1v) is 10.6. The predicted molar refractivity (Wildman–Crippen MR) is 115 cm³/mol. The van der Waals surface area contributed by atoms with Crippen LogP contribution in [0.1, 0.15) is 30.9 Å². The largest absolute Gasteiger partial charge is 0.352 e. The molecular formula is C24H29N3O2. The van der Waals surface area contributed by atoms with E-state index in [-0.39, 0.29) is 23.8 Å². The highest BCUT2D eigenvalue weighted by Gasteiger charge is 2.33. The molecule has 4 rings (SSSR count). The minimum absolute atomic E-state index is 0.0322. The molecule has 2 heterocycles. The monoisotopic (exact) mass is 391 g/mol. The Balaban J connectivity index is 1.28. The van der Waals surface area contributed by atoms with Gasteiger partial charge in [-0.2, -0.15) is 0 Å². The van der Waals surface area contributed by atoms with Gasteiger partial charge >= 0.3 is 0 Å². The van der Waals surface area contributed by atoms with Crippen LogP contribution in [0.5, 0.6) is 0 Å². The lowest BCUT2D eigenvalue weighted by molar-refractivity contribution is -0.127. The van der Waals surface area contributed by atoms with Crippen LogP contribution in [0.25, 0.3) is 0 Å². The molecular weight excluding hydrogens is 362 g/mol. The van der Waals surface area contributed by atoms with E-state index in [1.54, 1.807) is 0 Å². The number of piperidine rings is 1. The van der Waals surface area contributed by atoms with Crippen molar-refractivity contribution in [1.82, 2.24) is 10.2 Å². The summed E-state index contributed by atoms with van der Waals surface area (Å²) >= 11 is 0. The van der Waals surface area contributed by atoms with Gasteiger partial charge in [-0.1, -0.05) is 48.5 Å². The van der Waals surface area contributed by atoms with Crippen LogP contribution in [0, 0.1) is 5.92 Å². The van der Waals surface area contributed by atoms with Gasteiger partial charge in [0, 0.05) is 24.7 Å². The molecule has 2 aliphatic rings. The summed E-state index contributed by atoms with van der Waals surface area (Å²) in [5.74, 6) is 0.327. The summed E-state index contributed by atoms with van der Waals surface area (Å²) in [6.07, 6.45) is 2.53. The van der Waals surface area contributed by atoms with Gasteiger partial charge in [0.15, 0.2) is 0 Å². The number of hydrogen-bond acceptors (Lipinski definition) is 3. The zero-order valence-corrected chi connectivity index (χ0v) is 17.0. The summed E-state index contributed by atoms with van der Waals surface area (Å²) in [5, 5.41) is 3.06. The Hall–Kier alpha value is -2.66. The van der Waals surface area contributed by atoms with E-state index in [0.29, 0.717) is 6.54 Å². The molecule has 5 nitrogen and oxygen atoms in total. The van der Waals surface area contributed by atoms with Gasteiger partial charge in [0.05, 0.1) is 6.04 Å². The fraction of sp³-hybridized carbons (Fsp3) is 0.417. The van der Waals surface area contributed by atoms with Crippen LogP contribution < -0.4 is 10.2 Å². The Kier molecular flexibility index (Phi) is 5.95. The highest BCUT2D eigenvalue weighted by molar-refractivity contribution is 5.98. The molecule has 0 aromatic heterocycles. The Labute approximate surface area is 172 Å². The van der Waals surface area contributed by atoms with E-state index >= 15 is 0 Å². The average molecular weight is 392 g/mol. The van der Waals surface area contributed by atoms with Gasteiger partial charge in [0.2, 0.25) is 11.8 Å². The highest BCUT2D eigenvalue weighted by atomic mass is 16.2. The number of hydrogen-bond donors (Lipinski definition) is 1. The van der Waals surface area contributed by atoms with Gasteiger partial charge in [-0.05, 0) is 56.5 Å². The van der Waals surface area contributed by atoms with Crippen LogP contribution in [0.4, 0.5) is 5.69 Å². The van der Waals surface area contributed by atoms with Crippen molar-refractivity contribution in [3.63, 3.8) is 0 Å². The van der Waals surface area contributed by atoms with Crippen LogP contribution in [-0.2, 0) is 22.6 Å². The maximum Gasteiger partial charge on any atom is 0.244 e. The SMILES string of the molecule is CC(C(=O)N1CCc2ccccc21)N1CCC(C(=O)NCc2ccccc2)CC1. The van der Waals surface area contributed by atoms with Crippen molar-refractivity contribution in [3.8, 4) is 0 Å². The van der Waals surface area contributed by atoms with E-state index in [4.69, 9.17) is 0 Å². The third-order valence-electron chi connectivity index (χ3n) is 6.27. The fourth-order valence-corrected chi connectivity index (χ4v) is 4.43. The number of carbonyl (C=O) groups excluding carboxylic acids is 2. The second-order valence-electron chi connectivity index (χ2n) is 8.06. The van der Waals surface area contributed by atoms with Crippen molar-refractivity contribution in [3.05, 3.63) is 65.7 Å². The number of rotatable bonds is 5. The number of nitrogens with one attached hydrogen (secondary N) is 1. The maximum atomic E-state index is 13.1. The van der Waals surface area contributed by atoms with Gasteiger partial charge < -0.3 is 10.2 Å². The Bertz CT molecular complexity index is 859. The van der Waals surface area contributed by atoms with E-state index in [0.717, 1.165) is 50.1 Å². The number of anilines is 1. The molecule has 0 aliphatic carbocycles. The number of fused-ring (bicyclic) bond motifs is 1. The fourth-order valence-electron chi connectivity index (χ4n) is 4.43. The molecule has 0 saturated carbocycles. The molecule has 0 spiro atoms. The van der Waals surface area contributed by atoms with Crippen molar-refractivity contribution in [2.24, 2.45) is 5.92 Å². The zero-order chi connectivity index (χ0) is 20.2. The smallest absolute Gasteiger partial charge is 0.244 e. The lowest BCUT2D eigenvalue weighted by atomic mass is 9.94. The van der Waals surface area contributed by atoms with Crippen LogP contribution >= 0.6 is 0 Å². The third-order valence-corrected chi connectivity index (χ3v) is 6.27. The van der Waals surface area contributed by atoms with Crippen molar-refractivity contribution in [2.45, 2.75) is 38.8 Å². The number of para-hydroxylation sites is 1. The first kappa shape index (κ1) is 19.6. The molecule has 5 heteroatoms. The summed E-state index contributed by atoms with van der Waals surface area (Å²) in [6, 6.07) is 18.0. The molecule has 2 aromatic carbocycles. The number of amides is 2. The van der Waals surface area contributed by atoms with Gasteiger partial charge in [0.25, 0.3) is 0 Å². The summed E-state index contributed by atoms with van der Waals surface area (Å²) in [4.78, 5) is 29.8. The summed E-state index contributed by atoms with van der Waals surface area (Å²) in [5.41, 5.74) is 3.42. The van der Waals surface area contributed by atoms with E-state index in [1.165, 1.54) is 5.56 Å². The molecule has 152 valence electrons. The van der Waals surface area contributed by atoms with E-state index in [1.807, 2.05) is 60.4 Å². The van der Waals surface area contributed by atoms with Crippen LogP contribution in [0.2, 0.25) is 0 Å². The normalized spacial score (nSPS) is 18.3. The summed E-state index contributed by atoms with van der Waals surface area (Å²) in [7, 11) is 0. The molecule has 2 amide bonds. The molecule has 1 unspecified atom stereocenters. The first-order chi connectivity index (χ1) is 14.1. The molecule has 1 atom stereocenters. The number of likely N-dealkylation sites (tertiary alicyclic amines) is 1. The standard InChI is InChI=1S/C24H29N3O2/c1-18(24(29)27-16-13-20-9-5-6-10-22(20)27)26-14-11-21(12-15-26)23(28)25-17-19-7-3-2-4-8-19/h2-10,18,21H,11-17H2,1H3,(H,25,28). The number of nitrogens with zero attached hydrogens (tertiary/aromatic N) is 2. The Morgan fingerprint density at radius 1 is 1.00 bits per heavy atom. The van der Waals surface area contributed by atoms with Gasteiger partial charge in [0.1, 0.15) is 0 Å². The van der Waals surface area contributed by atoms with E-state index in [9.17, 15) is 9.59 Å². The van der Waals surface area contributed by atoms with Gasteiger partial charge in [-0.3, -0.25) is 14.5 Å². The molecule has 29 heavy (non-hydrogen) atoms. The summed E-state index contributed by atoms with van der Waals surface area (Å²) < 4.78 is 0. The quantitative estimate of drug-likeness (QED) is 0.853. The molecule has 2 aromatic rings. The summed E-state index contributed by atoms with van der Waals surface area (Å²) in [6.45, 7) is 4.90. The third kappa shape index (κ3) is 4.35. The lowest BCUT2D eigenvalue weighted by Gasteiger charge is -2.36. The van der Waals surface area contributed by atoms with Crippen LogP contribution in [0.15, 0.2) is 54.6 Å². The molecule has 1 fully saturated rings. The topological polar surface area (TPSA) is 52.7 Å². The minimum atomic E-state index is -0.158. The molecule has 0 radical (unpaired) electrons. The number of benzene rings is 2. The second kappa shape index (κ2) is 8.78. The Morgan fingerprint density at radius 3 is 2.45 bits per heavy atom. The lowest BCUT2D eigenvalue weighted by Crippen LogP contribution is -2.50. The predicted octanol–water partition coefficient (Wildman–Crippen LogP) is 2.99.